The summed E-state index contributed by atoms with van der Waals surface area (Å²) in [6.45, 7) is 0. The Bertz CT molecular complexity index is 534. The van der Waals surface area contributed by atoms with Gasteiger partial charge in [0.15, 0.2) is 0 Å². The first-order valence-electron chi connectivity index (χ1n) is 4.84. The molecule has 1 aromatic heterocycles. The van der Waals surface area contributed by atoms with Crippen molar-refractivity contribution in [2.45, 2.75) is 4.90 Å². The van der Waals surface area contributed by atoms with E-state index in [-0.39, 0.29) is 5.97 Å². The lowest BCUT2D eigenvalue weighted by atomic mass is 10.1. The van der Waals surface area contributed by atoms with Gasteiger partial charge in [-0.3, -0.25) is 0 Å². The van der Waals surface area contributed by atoms with E-state index >= 15 is 0 Å². The molecule has 0 aliphatic rings. The third kappa shape index (κ3) is 2.68. The smallest absolute Gasteiger partial charge is 0.338 e. The lowest BCUT2D eigenvalue weighted by Gasteiger charge is -2.03. The van der Waals surface area contributed by atoms with Crippen LogP contribution in [0.5, 0.6) is 0 Å². The summed E-state index contributed by atoms with van der Waals surface area (Å²) in [5.41, 5.74) is 1.68. The molecule has 0 atom stereocenters. The summed E-state index contributed by atoms with van der Waals surface area (Å²) < 4.78 is 4.69. The average Bonchev–Trinajstić information content (AvgIpc) is 2.87. The largest absolute Gasteiger partial charge is 0.465 e. The molecule has 2 nitrogen and oxygen atoms in total. The number of benzene rings is 1. The maximum absolute atomic E-state index is 11.4. The molecular weight excluding hydrogens is 272 g/mol. The predicted octanol–water partition coefficient (Wildman–Crippen LogP) is 4.14. The van der Waals surface area contributed by atoms with Crippen LogP contribution in [0.4, 0.5) is 0 Å². The molecular formula is C12H10O2S3. The Hall–Kier alpha value is -0.910. The van der Waals surface area contributed by atoms with Gasteiger partial charge in [-0.25, -0.2) is 4.79 Å². The van der Waals surface area contributed by atoms with Crippen molar-refractivity contribution in [2.24, 2.45) is 0 Å². The van der Waals surface area contributed by atoms with Gasteiger partial charge in [0.05, 0.1) is 12.7 Å². The highest BCUT2D eigenvalue weighted by atomic mass is 33.1. The SMILES string of the molecule is COC(=O)c1csc(-c2ccccc2SS)c1. The number of thiol groups is 1. The summed E-state index contributed by atoms with van der Waals surface area (Å²) in [6.07, 6.45) is 0. The molecule has 1 heterocycles. The minimum absolute atomic E-state index is 0.302. The van der Waals surface area contributed by atoms with Crippen LogP contribution in [0.2, 0.25) is 0 Å². The van der Waals surface area contributed by atoms with Crippen LogP contribution in [0.15, 0.2) is 40.6 Å². The molecule has 0 fully saturated rings. The van der Waals surface area contributed by atoms with Crippen molar-refractivity contribution in [3.8, 4) is 10.4 Å². The number of hydrogen-bond donors (Lipinski definition) is 1. The number of rotatable bonds is 3. The molecule has 1 aromatic carbocycles. The van der Waals surface area contributed by atoms with Crippen molar-refractivity contribution < 1.29 is 9.53 Å². The van der Waals surface area contributed by atoms with E-state index in [9.17, 15) is 4.79 Å². The Labute approximate surface area is 113 Å². The zero-order valence-electron chi connectivity index (χ0n) is 9.04. The van der Waals surface area contributed by atoms with Gasteiger partial charge in [0, 0.05) is 20.7 Å². The van der Waals surface area contributed by atoms with E-state index in [1.54, 1.807) is 5.38 Å². The molecule has 0 aliphatic carbocycles. The fourth-order valence-electron chi connectivity index (χ4n) is 1.45. The highest BCUT2D eigenvalue weighted by Gasteiger charge is 2.11. The topological polar surface area (TPSA) is 26.3 Å². The number of carbonyl (C=O) groups excluding carboxylic acids is 1. The lowest BCUT2D eigenvalue weighted by molar-refractivity contribution is 0.0601. The fourth-order valence-corrected chi connectivity index (χ4v) is 3.33. The second kappa shape index (κ2) is 5.62. The van der Waals surface area contributed by atoms with Crippen molar-refractivity contribution in [1.82, 2.24) is 0 Å². The van der Waals surface area contributed by atoms with E-state index in [0.29, 0.717) is 5.56 Å². The highest BCUT2D eigenvalue weighted by Crippen LogP contribution is 2.36. The van der Waals surface area contributed by atoms with E-state index in [2.05, 4.69) is 16.4 Å². The van der Waals surface area contributed by atoms with E-state index in [0.717, 1.165) is 15.3 Å². The standard InChI is InChI=1S/C12H10O2S3/c1-14-12(13)8-6-11(16-7-8)9-4-2-3-5-10(9)17-15/h2-7,15H,1H3. The van der Waals surface area contributed by atoms with Crippen molar-refractivity contribution in [3.05, 3.63) is 41.3 Å². The molecule has 0 saturated heterocycles. The van der Waals surface area contributed by atoms with Crippen LogP contribution in [0.1, 0.15) is 10.4 Å². The summed E-state index contributed by atoms with van der Waals surface area (Å²) >= 11 is 5.75. The second-order valence-corrected chi connectivity index (χ2v) is 5.36. The number of hydrogen-bond acceptors (Lipinski definition) is 5. The Balaban J connectivity index is 2.40. The molecule has 2 aromatic rings. The van der Waals surface area contributed by atoms with Gasteiger partial charge in [0.25, 0.3) is 0 Å². The summed E-state index contributed by atoms with van der Waals surface area (Å²) in [5, 5.41) is 1.81. The second-order valence-electron chi connectivity index (χ2n) is 3.28. The van der Waals surface area contributed by atoms with Gasteiger partial charge in [-0.15, -0.1) is 23.0 Å². The molecule has 0 unspecified atom stereocenters. The lowest BCUT2D eigenvalue weighted by Crippen LogP contribution is -1.98. The van der Waals surface area contributed by atoms with E-state index in [4.69, 9.17) is 0 Å². The van der Waals surface area contributed by atoms with Crippen LogP contribution in [0, 0.1) is 0 Å². The molecule has 0 saturated carbocycles. The first-order valence-corrected chi connectivity index (χ1v) is 7.58. The molecule has 0 amide bonds. The maximum atomic E-state index is 11.4. The zero-order valence-corrected chi connectivity index (χ0v) is 11.6. The molecule has 0 N–H and O–H groups in total. The number of ether oxygens (including phenoxy) is 1. The van der Waals surface area contributed by atoms with Crippen LogP contribution in [0.25, 0.3) is 10.4 Å². The van der Waals surface area contributed by atoms with Gasteiger partial charge in [0.2, 0.25) is 0 Å². The molecule has 0 radical (unpaired) electrons. The fraction of sp³-hybridized carbons (Fsp3) is 0.0833. The van der Waals surface area contributed by atoms with Crippen LogP contribution in [-0.2, 0) is 4.74 Å². The maximum Gasteiger partial charge on any atom is 0.338 e. The first-order chi connectivity index (χ1) is 8.26. The van der Waals surface area contributed by atoms with Crippen molar-refractivity contribution in [3.63, 3.8) is 0 Å². The highest BCUT2D eigenvalue weighted by molar-refractivity contribution is 8.68. The van der Waals surface area contributed by atoms with Crippen molar-refractivity contribution in [2.75, 3.05) is 7.11 Å². The molecule has 17 heavy (non-hydrogen) atoms. The number of thiophene rings is 1. The van der Waals surface area contributed by atoms with Crippen molar-refractivity contribution >= 4 is 39.8 Å². The first kappa shape index (κ1) is 12.5. The van der Waals surface area contributed by atoms with Gasteiger partial charge >= 0.3 is 5.97 Å². The Morgan fingerprint density at radius 3 is 2.88 bits per heavy atom. The van der Waals surface area contributed by atoms with Gasteiger partial charge < -0.3 is 4.74 Å². The predicted molar refractivity (Wildman–Crippen MR) is 75.9 cm³/mol. The van der Waals surface area contributed by atoms with E-state index in [1.165, 1.54) is 29.2 Å². The Morgan fingerprint density at radius 1 is 1.41 bits per heavy atom. The summed E-state index contributed by atoms with van der Waals surface area (Å²) in [4.78, 5) is 13.5. The monoisotopic (exact) mass is 282 g/mol. The molecule has 2 rings (SSSR count). The molecule has 88 valence electrons. The zero-order chi connectivity index (χ0) is 12.3. The van der Waals surface area contributed by atoms with Crippen LogP contribution < -0.4 is 0 Å². The van der Waals surface area contributed by atoms with E-state index < -0.39 is 0 Å². The minimum atomic E-state index is -0.302. The number of esters is 1. The summed E-state index contributed by atoms with van der Waals surface area (Å²) in [7, 11) is 2.78. The van der Waals surface area contributed by atoms with Crippen LogP contribution >= 0.6 is 33.8 Å². The number of carbonyl (C=O) groups is 1. The van der Waals surface area contributed by atoms with Gasteiger partial charge in [-0.2, -0.15) is 0 Å². The van der Waals surface area contributed by atoms with Gasteiger partial charge in [0.1, 0.15) is 0 Å². The number of methoxy groups -OCH3 is 1. The average molecular weight is 282 g/mol. The quantitative estimate of drug-likeness (QED) is 0.520. The van der Waals surface area contributed by atoms with Crippen LogP contribution in [0.3, 0.4) is 0 Å². The Morgan fingerprint density at radius 2 is 2.18 bits per heavy atom. The molecule has 5 heteroatoms. The minimum Gasteiger partial charge on any atom is -0.465 e. The summed E-state index contributed by atoms with van der Waals surface area (Å²) in [5.74, 6) is -0.302. The van der Waals surface area contributed by atoms with Crippen LogP contribution in [-0.4, -0.2) is 13.1 Å². The molecule has 0 aliphatic heterocycles. The molecule has 0 spiro atoms. The molecule has 0 bridgehead atoms. The van der Waals surface area contributed by atoms with Gasteiger partial charge in [-0.1, -0.05) is 29.0 Å². The summed E-state index contributed by atoms with van der Waals surface area (Å²) in [6, 6.07) is 9.81. The third-order valence-electron chi connectivity index (χ3n) is 2.27. The Kier molecular flexibility index (Phi) is 4.15. The normalized spacial score (nSPS) is 10.2. The van der Waals surface area contributed by atoms with Crippen molar-refractivity contribution in [1.29, 1.82) is 0 Å². The van der Waals surface area contributed by atoms with E-state index in [1.807, 2.05) is 30.3 Å². The van der Waals surface area contributed by atoms with Gasteiger partial charge in [-0.05, 0) is 12.1 Å². The third-order valence-corrected chi connectivity index (χ3v) is 4.38.